The van der Waals surface area contributed by atoms with Crippen molar-refractivity contribution in [3.63, 3.8) is 0 Å². The summed E-state index contributed by atoms with van der Waals surface area (Å²) in [5.74, 6) is -2.07. The van der Waals surface area contributed by atoms with Crippen LogP contribution in [-0.2, 0) is 14.3 Å². The molecule has 0 spiro atoms. The standard InChI is InChI=1S/C35H27Br2N3O7/c1-16-6-7-19(12-26(16)40(45)46)27(41)15-47-35(44)22-14-25(38-32-17(2)4-3-5-21(22)32)18-8-10-20(11-9-18)39-33(42)28-23-13-24(29(28)34(39)43)31(37)30(23)36/h3-12,14,23-24,28-31H,13,15H2,1-2H3. The minimum atomic E-state index is -0.750. The van der Waals surface area contributed by atoms with Gasteiger partial charge in [-0.3, -0.25) is 29.4 Å². The topological polar surface area (TPSA) is 137 Å². The van der Waals surface area contributed by atoms with Crippen LogP contribution in [-0.4, -0.2) is 49.7 Å². The first-order valence-electron chi connectivity index (χ1n) is 15.1. The molecule has 1 aromatic heterocycles. The number of halogens is 2. The normalized spacial score (nSPS) is 24.6. The van der Waals surface area contributed by atoms with E-state index < -0.39 is 23.3 Å². The van der Waals surface area contributed by atoms with Crippen LogP contribution in [0.25, 0.3) is 22.2 Å². The number of rotatable bonds is 7. The fourth-order valence-corrected chi connectivity index (χ4v) is 9.24. The number of ether oxygens (including phenoxy) is 1. The van der Waals surface area contributed by atoms with E-state index in [1.54, 1.807) is 49.4 Å². The van der Waals surface area contributed by atoms with Crippen molar-refractivity contribution in [3.8, 4) is 11.3 Å². The Kier molecular flexibility index (Phi) is 7.83. The summed E-state index contributed by atoms with van der Waals surface area (Å²) in [5.41, 5.74) is 3.48. The van der Waals surface area contributed by atoms with Crippen LogP contribution in [0.1, 0.15) is 38.3 Å². The summed E-state index contributed by atoms with van der Waals surface area (Å²) < 4.78 is 5.42. The smallest absolute Gasteiger partial charge is 0.339 e. The van der Waals surface area contributed by atoms with Crippen molar-refractivity contribution < 1.29 is 28.8 Å². The van der Waals surface area contributed by atoms with Crippen LogP contribution in [0.2, 0.25) is 0 Å². The van der Waals surface area contributed by atoms with Crippen molar-refractivity contribution in [2.24, 2.45) is 23.7 Å². The highest BCUT2D eigenvalue weighted by Gasteiger charge is 2.66. The molecule has 2 aliphatic carbocycles. The zero-order chi connectivity index (χ0) is 33.3. The Hall–Kier alpha value is -4.29. The molecule has 2 amide bonds. The van der Waals surface area contributed by atoms with Crippen LogP contribution in [0.3, 0.4) is 0 Å². The number of imide groups is 1. The number of aromatic nitrogens is 1. The Balaban J connectivity index is 1.15. The van der Waals surface area contributed by atoms with E-state index in [2.05, 4.69) is 31.9 Å². The van der Waals surface area contributed by atoms with Gasteiger partial charge in [-0.15, -0.1) is 0 Å². The number of carbonyl (C=O) groups excluding carboxylic acids is 4. The van der Waals surface area contributed by atoms with Gasteiger partial charge in [-0.25, -0.2) is 9.78 Å². The SMILES string of the molecule is Cc1ccc(C(=O)COC(=O)c2cc(-c3ccc(N4C(=O)C5C6CC(C(Br)C6Br)C5C4=O)cc3)nc3c(C)cccc23)cc1[N+](=O)[O-]. The first-order chi connectivity index (χ1) is 22.5. The third-order valence-electron chi connectivity index (χ3n) is 9.73. The maximum atomic E-state index is 13.5. The van der Waals surface area contributed by atoms with E-state index in [1.165, 1.54) is 23.1 Å². The number of aryl methyl sites for hydroxylation is 2. The molecule has 47 heavy (non-hydrogen) atoms. The second-order valence-corrected chi connectivity index (χ2v) is 14.5. The van der Waals surface area contributed by atoms with Crippen molar-refractivity contribution in [1.82, 2.24) is 4.98 Å². The monoisotopic (exact) mass is 759 g/mol. The number of Topliss-reactive ketones (excluding diaryl/α,β-unsaturated/α-hetero) is 1. The summed E-state index contributed by atoms with van der Waals surface area (Å²) >= 11 is 7.45. The molecular formula is C35H27Br2N3O7. The number of nitro groups is 1. The van der Waals surface area contributed by atoms with E-state index in [9.17, 15) is 29.3 Å². The van der Waals surface area contributed by atoms with Gasteiger partial charge >= 0.3 is 5.97 Å². The van der Waals surface area contributed by atoms with Gasteiger partial charge in [0.1, 0.15) is 0 Å². The molecule has 10 nitrogen and oxygen atoms in total. The fourth-order valence-electron chi connectivity index (χ4n) is 7.36. The second-order valence-electron chi connectivity index (χ2n) is 12.3. The number of nitro benzene ring substituents is 1. The number of hydrogen-bond acceptors (Lipinski definition) is 8. The summed E-state index contributed by atoms with van der Waals surface area (Å²) in [7, 11) is 0. The Morgan fingerprint density at radius 1 is 0.936 bits per heavy atom. The van der Waals surface area contributed by atoms with Gasteiger partial charge in [-0.1, -0.05) is 74.3 Å². The number of carbonyl (C=O) groups is 4. The van der Waals surface area contributed by atoms with Crippen LogP contribution < -0.4 is 4.90 Å². The first-order valence-corrected chi connectivity index (χ1v) is 16.9. The van der Waals surface area contributed by atoms with Gasteiger partial charge in [0, 0.05) is 37.8 Å². The van der Waals surface area contributed by atoms with Crippen LogP contribution in [0.5, 0.6) is 0 Å². The van der Waals surface area contributed by atoms with Crippen molar-refractivity contribution >= 4 is 77.7 Å². The van der Waals surface area contributed by atoms with Gasteiger partial charge in [-0.05, 0) is 55.9 Å². The maximum Gasteiger partial charge on any atom is 0.339 e. The molecule has 6 atom stereocenters. The highest BCUT2D eigenvalue weighted by Crippen LogP contribution is 2.60. The molecule has 3 fully saturated rings. The number of pyridine rings is 1. The first kappa shape index (κ1) is 31.3. The summed E-state index contributed by atoms with van der Waals surface area (Å²) in [6.07, 6.45) is 0.853. The average Bonchev–Trinajstić information content (AvgIpc) is 3.68. The van der Waals surface area contributed by atoms with Gasteiger partial charge < -0.3 is 4.74 Å². The lowest BCUT2D eigenvalue weighted by Gasteiger charge is -2.28. The lowest BCUT2D eigenvalue weighted by Crippen LogP contribution is -2.37. The number of fused-ring (bicyclic) bond motifs is 6. The van der Waals surface area contributed by atoms with Gasteiger partial charge in [-0.2, -0.15) is 0 Å². The largest absolute Gasteiger partial charge is 0.454 e. The minimum absolute atomic E-state index is 0.0663. The van der Waals surface area contributed by atoms with Crippen molar-refractivity contribution in [1.29, 1.82) is 0 Å². The highest BCUT2D eigenvalue weighted by atomic mass is 79.9. The van der Waals surface area contributed by atoms with Crippen molar-refractivity contribution in [2.75, 3.05) is 11.5 Å². The molecule has 2 saturated carbocycles. The van der Waals surface area contributed by atoms with Crippen LogP contribution in [0.4, 0.5) is 11.4 Å². The zero-order valence-corrected chi connectivity index (χ0v) is 28.4. The number of ketones is 1. The molecule has 238 valence electrons. The fraction of sp³-hybridized carbons (Fsp3) is 0.286. The molecule has 1 saturated heterocycles. The maximum absolute atomic E-state index is 13.5. The van der Waals surface area contributed by atoms with Crippen molar-refractivity contribution in [3.05, 3.63) is 99.1 Å². The molecular weight excluding hydrogens is 734 g/mol. The summed E-state index contributed by atoms with van der Waals surface area (Å²) in [4.78, 5) is 70.5. The summed E-state index contributed by atoms with van der Waals surface area (Å²) in [6, 6.07) is 18.1. The molecule has 2 heterocycles. The summed E-state index contributed by atoms with van der Waals surface area (Å²) in [6.45, 7) is 2.84. The van der Waals surface area contributed by atoms with Crippen LogP contribution in [0.15, 0.2) is 66.7 Å². The second kappa shape index (κ2) is 11.7. The Labute approximate surface area is 285 Å². The number of nitrogens with zero attached hydrogens (tertiary/aromatic N) is 3. The van der Waals surface area contributed by atoms with Gasteiger partial charge in [0.2, 0.25) is 17.6 Å². The quantitative estimate of drug-likeness (QED) is 0.0504. The molecule has 4 aromatic rings. The van der Waals surface area contributed by atoms with E-state index in [0.29, 0.717) is 33.4 Å². The number of benzene rings is 3. The Morgan fingerprint density at radius 2 is 1.60 bits per heavy atom. The lowest BCUT2D eigenvalue weighted by molar-refractivity contribution is -0.385. The number of amides is 2. The van der Waals surface area contributed by atoms with Crippen LogP contribution >= 0.6 is 31.9 Å². The average molecular weight is 761 g/mol. The van der Waals surface area contributed by atoms with E-state index in [0.717, 1.165) is 12.0 Å². The number of alkyl halides is 2. The number of anilines is 1. The number of esters is 1. The summed E-state index contributed by atoms with van der Waals surface area (Å²) in [5, 5.41) is 11.9. The van der Waals surface area contributed by atoms with E-state index >= 15 is 0 Å². The lowest BCUT2D eigenvalue weighted by atomic mass is 9.81. The molecule has 0 N–H and O–H groups in total. The third-order valence-corrected chi connectivity index (χ3v) is 12.9. The Morgan fingerprint density at radius 3 is 2.23 bits per heavy atom. The molecule has 0 radical (unpaired) electrons. The van der Waals surface area contributed by atoms with Gasteiger partial charge in [0.05, 0.1) is 39.2 Å². The molecule has 1 aliphatic heterocycles. The van der Waals surface area contributed by atoms with Gasteiger partial charge in [0.15, 0.2) is 6.61 Å². The molecule has 2 bridgehead atoms. The predicted molar refractivity (Wildman–Crippen MR) is 181 cm³/mol. The third kappa shape index (κ3) is 5.09. The Bertz CT molecular complexity index is 2000. The molecule has 12 heteroatoms. The van der Waals surface area contributed by atoms with E-state index in [4.69, 9.17) is 9.72 Å². The van der Waals surface area contributed by atoms with Gasteiger partial charge in [0.25, 0.3) is 5.69 Å². The molecule has 7 rings (SSSR count). The number of hydrogen-bond donors (Lipinski definition) is 0. The minimum Gasteiger partial charge on any atom is -0.454 e. The zero-order valence-electron chi connectivity index (χ0n) is 25.2. The highest BCUT2D eigenvalue weighted by molar-refractivity contribution is 9.12. The number of para-hydroxylation sites is 1. The predicted octanol–water partition coefficient (Wildman–Crippen LogP) is 6.75. The molecule has 6 unspecified atom stereocenters. The van der Waals surface area contributed by atoms with Crippen LogP contribution in [0, 0.1) is 47.6 Å². The van der Waals surface area contributed by atoms with E-state index in [-0.39, 0.29) is 62.0 Å². The molecule has 3 aromatic carbocycles. The molecule has 3 aliphatic rings. The van der Waals surface area contributed by atoms with Crippen molar-refractivity contribution in [2.45, 2.75) is 29.9 Å². The van der Waals surface area contributed by atoms with E-state index in [1.807, 2.05) is 13.0 Å².